The largest absolute Gasteiger partial charge is 0.480 e. The molecule has 1 unspecified atom stereocenters. The Kier molecular flexibility index (Phi) is 4.08. The van der Waals surface area contributed by atoms with Crippen molar-refractivity contribution in [3.8, 4) is 0 Å². The quantitative estimate of drug-likeness (QED) is 0.800. The van der Waals surface area contributed by atoms with Crippen molar-refractivity contribution in [2.45, 2.75) is 18.9 Å². The molecule has 20 heavy (non-hydrogen) atoms. The van der Waals surface area contributed by atoms with Gasteiger partial charge in [0.15, 0.2) is 5.82 Å². The number of aliphatic carboxylic acids is 1. The fraction of sp³-hybridized carbons (Fsp3) is 0.333. The van der Waals surface area contributed by atoms with Crippen molar-refractivity contribution < 1.29 is 23.5 Å². The summed E-state index contributed by atoms with van der Waals surface area (Å²) in [7, 11) is 0. The second-order valence-corrected chi connectivity index (χ2v) is 4.90. The van der Waals surface area contributed by atoms with E-state index >= 15 is 0 Å². The van der Waals surface area contributed by atoms with Crippen LogP contribution in [0, 0.1) is 17.6 Å². The molecule has 1 aliphatic carbocycles. The van der Waals surface area contributed by atoms with Crippen LogP contribution in [0.15, 0.2) is 12.1 Å². The summed E-state index contributed by atoms with van der Waals surface area (Å²) in [5, 5.41) is 13.0. The normalized spacial score (nSPS) is 15.6. The first-order valence-electron chi connectivity index (χ1n) is 5.83. The summed E-state index contributed by atoms with van der Waals surface area (Å²) in [6.07, 6.45) is 1.42. The Morgan fingerprint density at radius 1 is 1.35 bits per heavy atom. The van der Waals surface area contributed by atoms with Crippen LogP contribution in [0.4, 0.5) is 19.3 Å². The van der Waals surface area contributed by atoms with Gasteiger partial charge in [-0.3, -0.25) is 0 Å². The lowest BCUT2D eigenvalue weighted by molar-refractivity contribution is -0.139. The Labute approximate surface area is 117 Å². The van der Waals surface area contributed by atoms with Crippen LogP contribution < -0.4 is 10.6 Å². The van der Waals surface area contributed by atoms with Crippen LogP contribution in [0.5, 0.6) is 0 Å². The predicted octanol–water partition coefficient (Wildman–Crippen LogP) is 2.60. The zero-order valence-corrected chi connectivity index (χ0v) is 10.9. The molecule has 0 aliphatic heterocycles. The van der Waals surface area contributed by atoms with Crippen LogP contribution >= 0.6 is 11.6 Å². The van der Waals surface area contributed by atoms with Crippen molar-refractivity contribution in [2.75, 3.05) is 5.32 Å². The van der Waals surface area contributed by atoms with Gasteiger partial charge in [-0.05, 0) is 24.8 Å². The number of carboxylic acid groups (broad SMARTS) is 1. The second kappa shape index (κ2) is 5.62. The van der Waals surface area contributed by atoms with Gasteiger partial charge < -0.3 is 15.7 Å². The topological polar surface area (TPSA) is 78.4 Å². The zero-order chi connectivity index (χ0) is 14.9. The van der Waals surface area contributed by atoms with Gasteiger partial charge in [-0.25, -0.2) is 18.4 Å². The van der Waals surface area contributed by atoms with Crippen LogP contribution in [0.3, 0.4) is 0 Å². The van der Waals surface area contributed by atoms with E-state index < -0.39 is 35.4 Å². The summed E-state index contributed by atoms with van der Waals surface area (Å²) in [5.74, 6) is -3.19. The highest BCUT2D eigenvalue weighted by Crippen LogP contribution is 2.33. The highest BCUT2D eigenvalue weighted by Gasteiger charge is 2.37. The molecular formula is C12H11ClF2N2O3. The Hall–Kier alpha value is -1.89. The van der Waals surface area contributed by atoms with Crippen LogP contribution in [0.1, 0.15) is 12.8 Å². The minimum Gasteiger partial charge on any atom is -0.480 e. The molecule has 0 saturated heterocycles. The van der Waals surface area contributed by atoms with Crippen molar-refractivity contribution >= 4 is 29.3 Å². The maximum atomic E-state index is 13.5. The molecule has 3 N–H and O–H groups in total. The molecule has 0 bridgehead atoms. The minimum atomic E-state index is -1.16. The molecule has 1 fully saturated rings. The van der Waals surface area contributed by atoms with Crippen LogP contribution in [0.2, 0.25) is 5.02 Å². The monoisotopic (exact) mass is 304 g/mol. The molecule has 5 nitrogen and oxygen atoms in total. The van der Waals surface area contributed by atoms with Crippen molar-refractivity contribution in [1.29, 1.82) is 0 Å². The summed E-state index contributed by atoms with van der Waals surface area (Å²) in [6.45, 7) is 0. The summed E-state index contributed by atoms with van der Waals surface area (Å²) in [4.78, 5) is 22.6. The number of halogens is 3. The van der Waals surface area contributed by atoms with E-state index in [4.69, 9.17) is 16.7 Å². The molecule has 0 heterocycles. The number of carbonyl (C=O) groups is 2. The summed E-state index contributed by atoms with van der Waals surface area (Å²) in [6, 6.07) is -0.527. The standard InChI is InChI=1S/C12H11ClF2N2O3/c13-7-3-6(14)4-8(15)10(7)17-12(20)16-9(11(18)19)5-1-2-5/h3-5,9H,1-2H2,(H,18,19)(H2,16,17,20). The molecule has 1 atom stereocenters. The Balaban J connectivity index is 2.06. The fourth-order valence-corrected chi connectivity index (χ4v) is 2.00. The number of amides is 2. The number of hydrogen-bond donors (Lipinski definition) is 3. The average molecular weight is 305 g/mol. The first-order chi connectivity index (χ1) is 9.38. The van der Waals surface area contributed by atoms with E-state index in [1.165, 1.54) is 0 Å². The van der Waals surface area contributed by atoms with Gasteiger partial charge in [0.1, 0.15) is 11.9 Å². The fourth-order valence-electron chi connectivity index (χ4n) is 1.76. The number of hydrogen-bond acceptors (Lipinski definition) is 2. The third kappa shape index (κ3) is 3.36. The van der Waals surface area contributed by atoms with Crippen molar-refractivity contribution in [2.24, 2.45) is 5.92 Å². The summed E-state index contributed by atoms with van der Waals surface area (Å²) >= 11 is 5.61. The number of rotatable bonds is 4. The Bertz CT molecular complexity index is 541. The highest BCUT2D eigenvalue weighted by molar-refractivity contribution is 6.33. The number of carboxylic acids is 1. The zero-order valence-electron chi connectivity index (χ0n) is 10.1. The molecule has 1 aromatic carbocycles. The number of urea groups is 1. The first-order valence-corrected chi connectivity index (χ1v) is 6.21. The third-order valence-electron chi connectivity index (χ3n) is 2.89. The van der Waals surface area contributed by atoms with Crippen LogP contribution in [-0.2, 0) is 4.79 Å². The molecular weight excluding hydrogens is 294 g/mol. The van der Waals surface area contributed by atoms with E-state index in [1.54, 1.807) is 0 Å². The van der Waals surface area contributed by atoms with E-state index in [9.17, 15) is 18.4 Å². The SMILES string of the molecule is O=C(Nc1c(F)cc(F)cc1Cl)NC(C(=O)O)C1CC1. The lowest BCUT2D eigenvalue weighted by atomic mass is 10.2. The third-order valence-corrected chi connectivity index (χ3v) is 3.19. The van der Waals surface area contributed by atoms with Gasteiger partial charge in [0.2, 0.25) is 0 Å². The van der Waals surface area contributed by atoms with Gasteiger partial charge in [-0.1, -0.05) is 11.6 Å². The van der Waals surface area contributed by atoms with Gasteiger partial charge in [-0.15, -0.1) is 0 Å². The average Bonchev–Trinajstić information content (AvgIpc) is 3.14. The predicted molar refractivity (Wildman–Crippen MR) is 67.7 cm³/mol. The number of anilines is 1. The van der Waals surface area contributed by atoms with Crippen molar-refractivity contribution in [3.63, 3.8) is 0 Å². The number of carbonyl (C=O) groups excluding carboxylic acids is 1. The minimum absolute atomic E-state index is 0.119. The van der Waals surface area contributed by atoms with Gasteiger partial charge >= 0.3 is 12.0 Å². The van der Waals surface area contributed by atoms with Crippen LogP contribution in [0.25, 0.3) is 0 Å². The number of benzene rings is 1. The molecule has 2 rings (SSSR count). The lowest BCUT2D eigenvalue weighted by Crippen LogP contribution is -2.44. The molecule has 1 aliphatic rings. The highest BCUT2D eigenvalue weighted by atomic mass is 35.5. The van der Waals surface area contributed by atoms with Gasteiger partial charge in [0, 0.05) is 6.07 Å². The number of nitrogens with one attached hydrogen (secondary N) is 2. The maximum Gasteiger partial charge on any atom is 0.326 e. The van der Waals surface area contributed by atoms with E-state index in [2.05, 4.69) is 10.6 Å². The molecule has 0 spiro atoms. The molecule has 108 valence electrons. The van der Waals surface area contributed by atoms with Crippen LogP contribution in [-0.4, -0.2) is 23.1 Å². The van der Waals surface area contributed by atoms with Crippen molar-refractivity contribution in [1.82, 2.24) is 5.32 Å². The summed E-state index contributed by atoms with van der Waals surface area (Å²) < 4.78 is 26.3. The van der Waals surface area contributed by atoms with Gasteiger partial charge in [-0.2, -0.15) is 0 Å². The van der Waals surface area contributed by atoms with Crippen molar-refractivity contribution in [3.05, 3.63) is 28.8 Å². The molecule has 0 aromatic heterocycles. The molecule has 2 amide bonds. The molecule has 1 aromatic rings. The van der Waals surface area contributed by atoms with E-state index in [-0.39, 0.29) is 10.9 Å². The maximum absolute atomic E-state index is 13.5. The van der Waals surface area contributed by atoms with Gasteiger partial charge in [0.05, 0.1) is 10.7 Å². The first kappa shape index (κ1) is 14.5. The Morgan fingerprint density at radius 2 is 2.00 bits per heavy atom. The van der Waals surface area contributed by atoms with E-state index in [0.717, 1.165) is 6.07 Å². The van der Waals surface area contributed by atoms with E-state index in [0.29, 0.717) is 18.9 Å². The Morgan fingerprint density at radius 3 is 2.50 bits per heavy atom. The lowest BCUT2D eigenvalue weighted by Gasteiger charge is -2.15. The molecule has 1 saturated carbocycles. The summed E-state index contributed by atoms with van der Waals surface area (Å²) in [5.41, 5.74) is -0.398. The van der Waals surface area contributed by atoms with Gasteiger partial charge in [0.25, 0.3) is 0 Å². The molecule has 0 radical (unpaired) electrons. The van der Waals surface area contributed by atoms with E-state index in [1.807, 2.05) is 0 Å². The molecule has 8 heteroatoms. The second-order valence-electron chi connectivity index (χ2n) is 4.50. The smallest absolute Gasteiger partial charge is 0.326 e.